The van der Waals surface area contributed by atoms with E-state index >= 15 is 0 Å². The maximum Gasteiger partial charge on any atom is 0.416 e. The third-order valence-corrected chi connectivity index (χ3v) is 6.35. The van der Waals surface area contributed by atoms with Gasteiger partial charge in [0.15, 0.2) is 0 Å². The van der Waals surface area contributed by atoms with Crippen molar-refractivity contribution in [3.05, 3.63) is 42.0 Å². The lowest BCUT2D eigenvalue weighted by atomic mass is 9.91. The van der Waals surface area contributed by atoms with Gasteiger partial charge < -0.3 is 9.80 Å². The zero-order chi connectivity index (χ0) is 29.2. The summed E-state index contributed by atoms with van der Waals surface area (Å²) in [5.41, 5.74) is -2.57. The highest BCUT2D eigenvalue weighted by atomic mass is 19.4. The lowest BCUT2D eigenvalue weighted by Crippen LogP contribution is -2.46. The van der Waals surface area contributed by atoms with Crippen LogP contribution in [0.1, 0.15) is 90.2 Å². The third kappa shape index (κ3) is 14.7. The summed E-state index contributed by atoms with van der Waals surface area (Å²) in [6.45, 7) is 14.7. The molecule has 3 nitrogen and oxygen atoms in total. The highest BCUT2D eigenvalue weighted by Crippen LogP contribution is 2.38. The topological polar surface area (TPSA) is 30.3 Å². The first kappa shape index (κ1) is 35.8. The van der Waals surface area contributed by atoms with Gasteiger partial charge in [0, 0.05) is 38.3 Å². The molecular weight excluding hydrogens is 504 g/mol. The summed E-state index contributed by atoms with van der Waals surface area (Å²) < 4.78 is 77.0. The first-order chi connectivity index (χ1) is 17.9. The van der Waals surface area contributed by atoms with E-state index in [4.69, 9.17) is 5.26 Å². The number of hydrogen-bond donors (Lipinski definition) is 0. The smallest absolute Gasteiger partial charge is 0.369 e. The van der Waals surface area contributed by atoms with Gasteiger partial charge in [0.05, 0.1) is 17.2 Å². The van der Waals surface area contributed by atoms with Crippen LogP contribution in [0.25, 0.3) is 0 Å². The van der Waals surface area contributed by atoms with Crippen LogP contribution in [0.2, 0.25) is 0 Å². The molecule has 0 aromatic heterocycles. The van der Waals surface area contributed by atoms with Crippen LogP contribution in [0.15, 0.2) is 30.9 Å². The summed E-state index contributed by atoms with van der Waals surface area (Å²) in [6, 6.07) is 3.79. The van der Waals surface area contributed by atoms with E-state index in [2.05, 4.69) is 24.5 Å². The number of anilines is 1. The van der Waals surface area contributed by atoms with E-state index in [0.717, 1.165) is 37.4 Å². The summed E-state index contributed by atoms with van der Waals surface area (Å²) in [7, 11) is 0. The molecule has 0 amide bonds. The van der Waals surface area contributed by atoms with Crippen molar-refractivity contribution in [1.29, 1.82) is 5.26 Å². The average molecular weight is 550 g/mol. The highest BCUT2D eigenvalue weighted by molar-refractivity contribution is 5.53. The predicted octanol–water partition coefficient (Wildman–Crippen LogP) is 9.35. The molecule has 218 valence electrons. The molecule has 1 saturated heterocycles. The van der Waals surface area contributed by atoms with Gasteiger partial charge in [-0.2, -0.15) is 31.6 Å². The Morgan fingerprint density at radius 2 is 1.42 bits per heavy atom. The summed E-state index contributed by atoms with van der Waals surface area (Å²) >= 11 is 0. The maximum absolute atomic E-state index is 12.8. The number of alkyl halides is 6. The summed E-state index contributed by atoms with van der Waals surface area (Å²) in [5.74, 6) is 1.04. The number of piperazine rings is 1. The van der Waals surface area contributed by atoms with Crippen molar-refractivity contribution in [3.8, 4) is 6.07 Å². The molecule has 0 bridgehead atoms. The monoisotopic (exact) mass is 549 g/mol. The molecule has 0 spiro atoms. The molecule has 38 heavy (non-hydrogen) atoms. The van der Waals surface area contributed by atoms with E-state index in [1.165, 1.54) is 32.1 Å². The molecule has 0 N–H and O–H groups in total. The number of benzene rings is 1. The number of allylic oxidation sites excluding steroid dienone is 1. The minimum atomic E-state index is -4.80. The van der Waals surface area contributed by atoms with Crippen LogP contribution in [0.5, 0.6) is 0 Å². The number of nitrogens with zero attached hydrogens (tertiary/aromatic N) is 3. The number of rotatable bonds is 5. The zero-order valence-corrected chi connectivity index (χ0v) is 23.4. The van der Waals surface area contributed by atoms with Crippen molar-refractivity contribution >= 4 is 5.69 Å². The molecule has 1 aromatic rings. The summed E-state index contributed by atoms with van der Waals surface area (Å²) in [4.78, 5) is 3.66. The second-order valence-electron chi connectivity index (χ2n) is 9.27. The minimum absolute atomic E-state index is 0.0297. The number of likely N-dealkylation sites (N-methyl/N-ethyl adjacent to an activating group) is 1. The van der Waals surface area contributed by atoms with Crippen LogP contribution < -0.4 is 4.90 Å². The van der Waals surface area contributed by atoms with Crippen LogP contribution in [0, 0.1) is 17.2 Å². The fraction of sp³-hybridized carbons (Fsp3) is 0.690. The van der Waals surface area contributed by atoms with E-state index < -0.39 is 23.5 Å². The highest BCUT2D eigenvalue weighted by Gasteiger charge is 2.37. The molecule has 0 atom stereocenters. The van der Waals surface area contributed by atoms with Crippen LogP contribution in [0.4, 0.5) is 32.0 Å². The van der Waals surface area contributed by atoms with Gasteiger partial charge in [0.25, 0.3) is 0 Å². The SMILES string of the molecule is C=CCCCC#N.CC.CC1CCCCC1.CCN1CCN(c2cc(C(F)(F)F)cc(C(F)(F)F)c2)CC1. The van der Waals surface area contributed by atoms with Gasteiger partial charge >= 0.3 is 12.4 Å². The van der Waals surface area contributed by atoms with Crippen molar-refractivity contribution in [2.75, 3.05) is 37.6 Å². The van der Waals surface area contributed by atoms with E-state index in [0.29, 0.717) is 32.6 Å². The van der Waals surface area contributed by atoms with Crippen LogP contribution in [0.3, 0.4) is 0 Å². The molecule has 0 radical (unpaired) electrons. The predicted molar refractivity (Wildman–Crippen MR) is 144 cm³/mol. The molecule has 1 aromatic carbocycles. The second-order valence-corrected chi connectivity index (χ2v) is 9.27. The molecule has 1 heterocycles. The molecule has 1 aliphatic carbocycles. The third-order valence-electron chi connectivity index (χ3n) is 6.35. The van der Waals surface area contributed by atoms with Gasteiger partial charge in [-0.15, -0.1) is 6.58 Å². The Morgan fingerprint density at radius 3 is 1.76 bits per heavy atom. The number of halogens is 6. The maximum atomic E-state index is 12.8. The van der Waals surface area contributed by atoms with E-state index in [1.807, 2.05) is 26.8 Å². The molecule has 1 saturated carbocycles. The largest absolute Gasteiger partial charge is 0.416 e. The second kappa shape index (κ2) is 18.9. The lowest BCUT2D eigenvalue weighted by Gasteiger charge is -2.36. The van der Waals surface area contributed by atoms with Gasteiger partial charge in [-0.3, -0.25) is 0 Å². The van der Waals surface area contributed by atoms with Gasteiger partial charge in [-0.25, -0.2) is 0 Å². The summed E-state index contributed by atoms with van der Waals surface area (Å²) in [6.07, 6.45) is 2.24. The fourth-order valence-electron chi connectivity index (χ4n) is 4.08. The zero-order valence-electron chi connectivity index (χ0n) is 23.4. The van der Waals surface area contributed by atoms with Gasteiger partial charge in [0.1, 0.15) is 0 Å². The van der Waals surface area contributed by atoms with E-state index in [1.54, 1.807) is 4.90 Å². The van der Waals surface area contributed by atoms with Crippen LogP contribution in [-0.2, 0) is 12.4 Å². The van der Waals surface area contributed by atoms with E-state index in [-0.39, 0.29) is 11.8 Å². The Bertz CT molecular complexity index is 768. The quantitative estimate of drug-likeness (QED) is 0.208. The number of hydrogen-bond acceptors (Lipinski definition) is 3. The van der Waals surface area contributed by atoms with Crippen molar-refractivity contribution < 1.29 is 26.3 Å². The van der Waals surface area contributed by atoms with Gasteiger partial charge in [-0.05, 0) is 43.5 Å². The molecular formula is C29H45F6N3. The molecule has 1 aliphatic heterocycles. The Labute approximate surface area is 225 Å². The van der Waals surface area contributed by atoms with Gasteiger partial charge in [-0.1, -0.05) is 65.9 Å². The fourth-order valence-corrected chi connectivity index (χ4v) is 4.08. The number of nitriles is 1. The first-order valence-electron chi connectivity index (χ1n) is 13.7. The first-order valence-corrected chi connectivity index (χ1v) is 13.7. The van der Waals surface area contributed by atoms with Gasteiger partial charge in [0.2, 0.25) is 0 Å². The Balaban J connectivity index is 0.000000697. The van der Waals surface area contributed by atoms with E-state index in [9.17, 15) is 26.3 Å². The van der Waals surface area contributed by atoms with Crippen LogP contribution >= 0.6 is 0 Å². The standard InChI is InChI=1S/C14H16F6N2.C7H14.C6H9N.C2H6/c1-2-21-3-5-22(6-4-21)12-8-10(13(15,16)17)7-11(9-12)14(18,19)20;1-7-5-3-2-4-6-7;1-2-3-4-5-6-7;1-2/h7-9H,2-6H2,1H3;7H,2-6H2,1H3;2H,1,3-5H2;1-2H3. The lowest BCUT2D eigenvalue weighted by molar-refractivity contribution is -0.143. The Kier molecular flexibility index (Phi) is 17.8. The van der Waals surface area contributed by atoms with Crippen molar-refractivity contribution in [3.63, 3.8) is 0 Å². The molecule has 2 fully saturated rings. The minimum Gasteiger partial charge on any atom is -0.369 e. The summed E-state index contributed by atoms with van der Waals surface area (Å²) in [5, 5.41) is 8.01. The molecule has 2 aliphatic rings. The number of unbranched alkanes of at least 4 members (excludes halogenated alkanes) is 2. The Hall–Kier alpha value is -2.21. The van der Waals surface area contributed by atoms with Crippen LogP contribution in [-0.4, -0.2) is 37.6 Å². The van der Waals surface area contributed by atoms with Crippen molar-refractivity contribution in [1.82, 2.24) is 4.90 Å². The normalized spacial score (nSPS) is 16.5. The van der Waals surface area contributed by atoms with Crippen molar-refractivity contribution in [2.24, 2.45) is 5.92 Å². The van der Waals surface area contributed by atoms with Crippen molar-refractivity contribution in [2.45, 2.75) is 91.4 Å². The molecule has 0 unspecified atom stereocenters. The molecule has 3 rings (SSSR count). The average Bonchev–Trinajstić information content (AvgIpc) is 2.90. The Morgan fingerprint density at radius 1 is 0.921 bits per heavy atom. The molecule has 9 heteroatoms.